The third-order valence-corrected chi connectivity index (χ3v) is 3.50. The monoisotopic (exact) mass is 322 g/mol. The van der Waals surface area contributed by atoms with Crippen LogP contribution in [0.15, 0.2) is 41.1 Å². The average Bonchev–Trinajstić information content (AvgIpc) is 2.80. The highest BCUT2D eigenvalue weighted by Crippen LogP contribution is 2.23. The Morgan fingerprint density at radius 3 is 2.68 bits per heavy atom. The summed E-state index contributed by atoms with van der Waals surface area (Å²) in [6.07, 6.45) is 3.57. The second kappa shape index (κ2) is 5.36. The van der Waals surface area contributed by atoms with Gasteiger partial charge in [0.15, 0.2) is 5.78 Å². The van der Waals surface area contributed by atoms with Crippen molar-refractivity contribution in [3.8, 4) is 0 Å². The number of non-ortho nitro benzene ring substituents is 1. The highest BCUT2D eigenvalue weighted by atomic mass is 79.9. The number of carbonyl (C=O) groups excluding carboxylic acids is 1. The number of hydrogen-bond donors (Lipinski definition) is 0. The second-order valence-electron chi connectivity index (χ2n) is 4.16. The van der Waals surface area contributed by atoms with Crippen molar-refractivity contribution in [1.29, 1.82) is 0 Å². The lowest BCUT2D eigenvalue weighted by Crippen LogP contribution is -1.99. The van der Waals surface area contributed by atoms with Crippen LogP contribution in [0.4, 0.5) is 5.69 Å². The quantitative estimate of drug-likeness (QED) is 0.492. The highest BCUT2D eigenvalue weighted by molar-refractivity contribution is 9.10. The number of carbonyl (C=O) groups is 1. The number of aromatic nitrogens is 1. The summed E-state index contributed by atoms with van der Waals surface area (Å²) in [6.45, 7) is 2.06. The van der Waals surface area contributed by atoms with Gasteiger partial charge >= 0.3 is 0 Å². The molecule has 0 amide bonds. The number of nitrogens with zero attached hydrogens (tertiary/aromatic N) is 2. The first-order valence-electron chi connectivity index (χ1n) is 5.57. The summed E-state index contributed by atoms with van der Waals surface area (Å²) in [5.41, 5.74) is 1.61. The minimum atomic E-state index is -0.432. The smallest absolute Gasteiger partial charge is 0.270 e. The lowest BCUT2D eigenvalue weighted by molar-refractivity contribution is -0.384. The Kier molecular flexibility index (Phi) is 3.80. The fourth-order valence-corrected chi connectivity index (χ4v) is 2.21. The predicted octanol–water partition coefficient (Wildman–Crippen LogP) is 3.41. The molecule has 1 aromatic heterocycles. The molecule has 0 unspecified atom stereocenters. The van der Waals surface area contributed by atoms with E-state index in [4.69, 9.17) is 0 Å². The molecule has 0 saturated carbocycles. The first-order valence-corrected chi connectivity index (χ1v) is 6.36. The Hall–Kier alpha value is -1.95. The molecule has 0 atom stereocenters. The molecule has 2 rings (SSSR count). The van der Waals surface area contributed by atoms with Crippen LogP contribution in [-0.4, -0.2) is 15.3 Å². The Labute approximate surface area is 118 Å². The Balaban J connectivity index is 2.23. The number of hydrogen-bond acceptors (Lipinski definition) is 3. The van der Waals surface area contributed by atoms with E-state index >= 15 is 0 Å². The van der Waals surface area contributed by atoms with E-state index in [1.54, 1.807) is 18.3 Å². The molecule has 0 saturated heterocycles. The Morgan fingerprint density at radius 2 is 2.16 bits per heavy atom. The molecule has 1 aromatic carbocycles. The highest BCUT2D eigenvalue weighted by Gasteiger charge is 2.10. The van der Waals surface area contributed by atoms with Crippen LogP contribution in [-0.2, 0) is 6.54 Å². The minimum Gasteiger partial charge on any atom is -0.349 e. The molecule has 0 aliphatic carbocycles. The second-order valence-corrected chi connectivity index (χ2v) is 5.02. The fourth-order valence-electron chi connectivity index (χ4n) is 1.72. The molecule has 5 nitrogen and oxygen atoms in total. The van der Waals surface area contributed by atoms with Gasteiger partial charge in [-0.2, -0.15) is 0 Å². The van der Waals surface area contributed by atoms with Crippen LogP contribution in [0, 0.1) is 10.1 Å². The van der Waals surface area contributed by atoms with Gasteiger partial charge in [0.2, 0.25) is 0 Å². The van der Waals surface area contributed by atoms with Crippen LogP contribution in [0.25, 0.3) is 0 Å². The third-order valence-electron chi connectivity index (χ3n) is 2.76. The van der Waals surface area contributed by atoms with Crippen molar-refractivity contribution in [2.24, 2.45) is 0 Å². The van der Waals surface area contributed by atoms with E-state index in [-0.39, 0.29) is 11.5 Å². The van der Waals surface area contributed by atoms with Gasteiger partial charge in [-0.25, -0.2) is 0 Å². The van der Waals surface area contributed by atoms with Crippen molar-refractivity contribution in [3.63, 3.8) is 0 Å². The van der Waals surface area contributed by atoms with Crippen LogP contribution >= 0.6 is 15.9 Å². The molecule has 98 valence electrons. The van der Waals surface area contributed by atoms with Crippen LogP contribution in [0.3, 0.4) is 0 Å². The van der Waals surface area contributed by atoms with Crippen LogP contribution in [0.1, 0.15) is 22.8 Å². The molecule has 0 spiro atoms. The van der Waals surface area contributed by atoms with E-state index in [1.165, 1.54) is 19.1 Å². The van der Waals surface area contributed by atoms with Crippen molar-refractivity contribution in [1.82, 2.24) is 4.57 Å². The summed E-state index contributed by atoms with van der Waals surface area (Å²) in [5, 5.41) is 10.6. The molecule has 1 heterocycles. The van der Waals surface area contributed by atoms with Crippen molar-refractivity contribution in [2.75, 3.05) is 0 Å². The zero-order valence-corrected chi connectivity index (χ0v) is 11.8. The lowest BCUT2D eigenvalue weighted by Gasteiger charge is -2.05. The molecule has 0 bridgehead atoms. The van der Waals surface area contributed by atoms with Crippen LogP contribution in [0.5, 0.6) is 0 Å². The van der Waals surface area contributed by atoms with E-state index < -0.39 is 4.92 Å². The van der Waals surface area contributed by atoms with E-state index in [0.29, 0.717) is 16.6 Å². The van der Waals surface area contributed by atoms with Crippen molar-refractivity contribution >= 4 is 27.4 Å². The zero-order chi connectivity index (χ0) is 14.0. The first-order chi connectivity index (χ1) is 8.97. The van der Waals surface area contributed by atoms with Crippen molar-refractivity contribution < 1.29 is 9.72 Å². The molecular formula is C13H11BrN2O3. The SMILES string of the molecule is CC(=O)c1ccn(Cc2ccc([N+](=O)[O-])cc2Br)c1. The van der Waals surface area contributed by atoms with Gasteiger partial charge in [0.25, 0.3) is 5.69 Å². The van der Waals surface area contributed by atoms with Crippen molar-refractivity contribution in [2.45, 2.75) is 13.5 Å². The molecule has 0 aliphatic heterocycles. The molecule has 0 fully saturated rings. The lowest BCUT2D eigenvalue weighted by atomic mass is 10.2. The van der Waals surface area contributed by atoms with Gasteiger partial charge in [-0.3, -0.25) is 14.9 Å². The average molecular weight is 323 g/mol. The fraction of sp³-hybridized carbons (Fsp3) is 0.154. The number of benzene rings is 1. The number of Topliss-reactive ketones (excluding diaryl/α,β-unsaturated/α-hetero) is 1. The third kappa shape index (κ3) is 3.08. The minimum absolute atomic E-state index is 0.0153. The maximum Gasteiger partial charge on any atom is 0.270 e. The van der Waals surface area contributed by atoms with Crippen LogP contribution < -0.4 is 0 Å². The first kappa shape index (κ1) is 13.5. The summed E-state index contributed by atoms with van der Waals surface area (Å²) in [5.74, 6) is 0.0153. The Bertz CT molecular complexity index is 649. The van der Waals surface area contributed by atoms with Gasteiger partial charge < -0.3 is 4.57 Å². The van der Waals surface area contributed by atoms with Gasteiger partial charge in [0.05, 0.1) is 4.92 Å². The topological polar surface area (TPSA) is 65.1 Å². The van der Waals surface area contributed by atoms with Gasteiger partial charge in [-0.15, -0.1) is 0 Å². The number of ketones is 1. The normalized spacial score (nSPS) is 10.4. The van der Waals surface area contributed by atoms with Crippen molar-refractivity contribution in [3.05, 3.63) is 62.4 Å². The van der Waals surface area contributed by atoms with E-state index in [2.05, 4.69) is 15.9 Å². The summed E-state index contributed by atoms with van der Waals surface area (Å²) in [6, 6.07) is 6.40. The number of rotatable bonds is 4. The maximum atomic E-state index is 11.2. The Morgan fingerprint density at radius 1 is 1.42 bits per heavy atom. The molecule has 2 aromatic rings. The summed E-state index contributed by atoms with van der Waals surface area (Å²) in [7, 11) is 0. The molecule has 0 N–H and O–H groups in total. The molecule has 6 heteroatoms. The van der Waals surface area contributed by atoms with Crippen LogP contribution in [0.2, 0.25) is 0 Å². The van der Waals surface area contributed by atoms with E-state index in [1.807, 2.05) is 10.8 Å². The van der Waals surface area contributed by atoms with Gasteiger partial charge in [0, 0.05) is 41.1 Å². The number of halogens is 1. The summed E-state index contributed by atoms with van der Waals surface area (Å²) >= 11 is 3.32. The molecule has 0 radical (unpaired) electrons. The summed E-state index contributed by atoms with van der Waals surface area (Å²) < 4.78 is 2.54. The molecule has 19 heavy (non-hydrogen) atoms. The standard InChI is InChI=1S/C13H11BrN2O3/c1-9(17)10-4-5-15(7-10)8-11-2-3-12(16(18)19)6-13(11)14/h2-7H,8H2,1H3. The van der Waals surface area contributed by atoms with Gasteiger partial charge in [-0.1, -0.05) is 15.9 Å². The van der Waals surface area contributed by atoms with E-state index in [0.717, 1.165) is 5.56 Å². The number of nitro benzene ring substituents is 1. The number of nitro groups is 1. The van der Waals surface area contributed by atoms with E-state index in [9.17, 15) is 14.9 Å². The van der Waals surface area contributed by atoms with Gasteiger partial charge in [0.1, 0.15) is 0 Å². The summed E-state index contributed by atoms with van der Waals surface area (Å²) in [4.78, 5) is 21.4. The largest absolute Gasteiger partial charge is 0.349 e. The zero-order valence-electron chi connectivity index (χ0n) is 10.2. The van der Waals surface area contributed by atoms with Gasteiger partial charge in [-0.05, 0) is 24.6 Å². The molecule has 0 aliphatic rings. The molecular weight excluding hydrogens is 312 g/mol. The maximum absolute atomic E-state index is 11.2. The predicted molar refractivity (Wildman–Crippen MR) is 74.3 cm³/mol.